The number of ketones is 1. The molecule has 2 rings (SSSR count). The molecule has 2 nitrogen and oxygen atoms in total. The van der Waals surface area contributed by atoms with Crippen LogP contribution in [0.25, 0.3) is 6.08 Å². The highest BCUT2D eigenvalue weighted by molar-refractivity contribution is 6.07. The van der Waals surface area contributed by atoms with E-state index in [0.29, 0.717) is 5.56 Å². The van der Waals surface area contributed by atoms with Gasteiger partial charge < -0.3 is 5.11 Å². The molecule has 0 aliphatic heterocycles. The van der Waals surface area contributed by atoms with Gasteiger partial charge in [0.25, 0.3) is 0 Å². The average molecular weight is 252 g/mol. The molecule has 2 heteroatoms. The van der Waals surface area contributed by atoms with Crippen LogP contribution in [0.4, 0.5) is 0 Å². The highest BCUT2D eigenvalue weighted by atomic mass is 16.3. The monoisotopic (exact) mass is 252 g/mol. The van der Waals surface area contributed by atoms with Crippen molar-refractivity contribution in [2.24, 2.45) is 0 Å². The molecule has 0 aliphatic carbocycles. The van der Waals surface area contributed by atoms with Crippen LogP contribution < -0.4 is 0 Å². The van der Waals surface area contributed by atoms with E-state index in [4.69, 9.17) is 0 Å². The van der Waals surface area contributed by atoms with Crippen molar-refractivity contribution in [1.29, 1.82) is 0 Å². The summed E-state index contributed by atoms with van der Waals surface area (Å²) in [6.45, 7) is 4.06. The van der Waals surface area contributed by atoms with Gasteiger partial charge in [0, 0.05) is 5.56 Å². The van der Waals surface area contributed by atoms with Gasteiger partial charge in [-0.1, -0.05) is 42.0 Å². The minimum absolute atomic E-state index is 0.103. The Balaban J connectivity index is 2.21. The number of carbonyl (C=O) groups is 1. The number of allylic oxidation sites excluding steroid dienone is 1. The molecule has 2 aromatic rings. The fourth-order valence-corrected chi connectivity index (χ4v) is 1.93. The molecule has 0 saturated carbocycles. The molecule has 0 atom stereocenters. The number of hydrogen-bond acceptors (Lipinski definition) is 2. The van der Waals surface area contributed by atoms with E-state index in [1.54, 1.807) is 24.3 Å². The summed E-state index contributed by atoms with van der Waals surface area (Å²) in [6, 6.07) is 12.5. The first-order chi connectivity index (χ1) is 9.06. The van der Waals surface area contributed by atoms with Gasteiger partial charge in [-0.05, 0) is 43.2 Å². The van der Waals surface area contributed by atoms with E-state index in [1.165, 1.54) is 17.7 Å². The maximum Gasteiger partial charge on any atom is 0.185 e. The zero-order chi connectivity index (χ0) is 13.8. The lowest BCUT2D eigenvalue weighted by atomic mass is 10.0. The molecule has 0 unspecified atom stereocenters. The predicted octanol–water partition coefficient (Wildman–Crippen LogP) is 3.91. The molecular weight excluding hydrogens is 236 g/mol. The Labute approximate surface area is 113 Å². The Kier molecular flexibility index (Phi) is 3.81. The topological polar surface area (TPSA) is 37.3 Å². The SMILES string of the molecule is Cc1ccc(/C=C/C(=O)c2cccc(O)c2)c(C)c1. The van der Waals surface area contributed by atoms with Gasteiger partial charge in [0.15, 0.2) is 5.78 Å². The zero-order valence-corrected chi connectivity index (χ0v) is 11.1. The Hall–Kier alpha value is -2.35. The standard InChI is InChI=1S/C17H16O2/c1-12-6-7-14(13(2)10-12)8-9-17(19)15-4-3-5-16(18)11-15/h3-11,18H,1-2H3/b9-8+. The van der Waals surface area contributed by atoms with E-state index in [1.807, 2.05) is 26.0 Å². The van der Waals surface area contributed by atoms with Crippen LogP contribution in [0.1, 0.15) is 27.0 Å². The third kappa shape index (κ3) is 3.32. The second-order valence-electron chi connectivity index (χ2n) is 4.61. The molecule has 0 radical (unpaired) electrons. The van der Waals surface area contributed by atoms with Crippen molar-refractivity contribution in [3.05, 3.63) is 70.8 Å². The van der Waals surface area contributed by atoms with E-state index < -0.39 is 0 Å². The molecule has 2 aromatic carbocycles. The summed E-state index contributed by atoms with van der Waals surface area (Å²) in [6.07, 6.45) is 3.34. The van der Waals surface area contributed by atoms with Crippen molar-refractivity contribution >= 4 is 11.9 Å². The molecule has 1 N–H and O–H groups in total. The molecule has 0 aromatic heterocycles. The molecule has 0 bridgehead atoms. The minimum atomic E-state index is -0.115. The molecular formula is C17H16O2. The van der Waals surface area contributed by atoms with Gasteiger partial charge in [-0.3, -0.25) is 4.79 Å². The van der Waals surface area contributed by atoms with Crippen molar-refractivity contribution < 1.29 is 9.90 Å². The average Bonchev–Trinajstić information content (AvgIpc) is 2.37. The molecule has 0 heterocycles. The summed E-state index contributed by atoms with van der Waals surface area (Å²) in [7, 11) is 0. The van der Waals surface area contributed by atoms with Gasteiger partial charge >= 0.3 is 0 Å². The van der Waals surface area contributed by atoms with Gasteiger partial charge in [-0.25, -0.2) is 0 Å². The molecule has 0 fully saturated rings. The first-order valence-corrected chi connectivity index (χ1v) is 6.15. The first kappa shape index (κ1) is 13.1. The molecule has 96 valence electrons. The van der Waals surface area contributed by atoms with E-state index in [9.17, 15) is 9.90 Å². The summed E-state index contributed by atoms with van der Waals surface area (Å²) in [5, 5.41) is 9.35. The van der Waals surface area contributed by atoms with E-state index >= 15 is 0 Å². The fraction of sp³-hybridized carbons (Fsp3) is 0.118. The van der Waals surface area contributed by atoms with E-state index in [2.05, 4.69) is 6.07 Å². The summed E-state index contributed by atoms with van der Waals surface area (Å²) < 4.78 is 0. The van der Waals surface area contributed by atoms with Crippen molar-refractivity contribution in [3.8, 4) is 5.75 Å². The van der Waals surface area contributed by atoms with Gasteiger partial charge in [0.05, 0.1) is 0 Å². The third-order valence-electron chi connectivity index (χ3n) is 2.97. The number of hydrogen-bond donors (Lipinski definition) is 1. The third-order valence-corrected chi connectivity index (χ3v) is 2.97. The highest BCUT2D eigenvalue weighted by Crippen LogP contribution is 2.15. The van der Waals surface area contributed by atoms with Gasteiger partial charge in [-0.2, -0.15) is 0 Å². The maximum atomic E-state index is 12.0. The second-order valence-corrected chi connectivity index (χ2v) is 4.61. The molecule has 0 spiro atoms. The van der Waals surface area contributed by atoms with Crippen molar-refractivity contribution in [3.63, 3.8) is 0 Å². The summed E-state index contributed by atoms with van der Waals surface area (Å²) in [5.41, 5.74) is 3.86. The Morgan fingerprint density at radius 1 is 1.11 bits per heavy atom. The van der Waals surface area contributed by atoms with E-state index in [-0.39, 0.29) is 11.5 Å². The number of carbonyl (C=O) groups excluding carboxylic acids is 1. The highest BCUT2D eigenvalue weighted by Gasteiger charge is 2.02. The summed E-state index contributed by atoms with van der Waals surface area (Å²) >= 11 is 0. The fourth-order valence-electron chi connectivity index (χ4n) is 1.93. The largest absolute Gasteiger partial charge is 0.508 e. The van der Waals surface area contributed by atoms with Crippen LogP contribution in [0.3, 0.4) is 0 Å². The predicted molar refractivity (Wildman–Crippen MR) is 77.4 cm³/mol. The Morgan fingerprint density at radius 3 is 2.58 bits per heavy atom. The van der Waals surface area contributed by atoms with Crippen molar-refractivity contribution in [2.75, 3.05) is 0 Å². The number of rotatable bonds is 3. The van der Waals surface area contributed by atoms with Gasteiger partial charge in [0.2, 0.25) is 0 Å². The smallest absolute Gasteiger partial charge is 0.185 e. The normalized spacial score (nSPS) is 10.8. The quantitative estimate of drug-likeness (QED) is 0.664. The number of aromatic hydroxyl groups is 1. The Morgan fingerprint density at radius 2 is 1.89 bits per heavy atom. The lowest BCUT2D eigenvalue weighted by Crippen LogP contribution is -1.93. The van der Waals surface area contributed by atoms with Crippen LogP contribution in [-0.4, -0.2) is 10.9 Å². The molecule has 0 amide bonds. The van der Waals surface area contributed by atoms with Crippen LogP contribution in [-0.2, 0) is 0 Å². The zero-order valence-electron chi connectivity index (χ0n) is 11.1. The number of phenols is 1. The van der Waals surface area contributed by atoms with Crippen LogP contribution in [0.2, 0.25) is 0 Å². The van der Waals surface area contributed by atoms with E-state index in [0.717, 1.165) is 11.1 Å². The lowest BCUT2D eigenvalue weighted by molar-refractivity contribution is 0.104. The number of aryl methyl sites for hydroxylation is 2. The van der Waals surface area contributed by atoms with Crippen LogP contribution in [0.15, 0.2) is 48.5 Å². The second kappa shape index (κ2) is 5.53. The minimum Gasteiger partial charge on any atom is -0.508 e. The lowest BCUT2D eigenvalue weighted by Gasteiger charge is -2.01. The maximum absolute atomic E-state index is 12.0. The summed E-state index contributed by atoms with van der Waals surface area (Å²) in [4.78, 5) is 12.0. The van der Waals surface area contributed by atoms with Crippen molar-refractivity contribution in [1.82, 2.24) is 0 Å². The Bertz CT molecular complexity index is 639. The number of phenolic OH excluding ortho intramolecular Hbond substituents is 1. The van der Waals surface area contributed by atoms with Crippen LogP contribution in [0.5, 0.6) is 5.75 Å². The molecule has 19 heavy (non-hydrogen) atoms. The van der Waals surface area contributed by atoms with Crippen LogP contribution in [0, 0.1) is 13.8 Å². The van der Waals surface area contributed by atoms with Crippen molar-refractivity contribution in [2.45, 2.75) is 13.8 Å². The first-order valence-electron chi connectivity index (χ1n) is 6.15. The summed E-state index contributed by atoms with van der Waals surface area (Å²) in [5.74, 6) is -0.0124. The molecule has 0 saturated heterocycles. The van der Waals surface area contributed by atoms with Crippen LogP contribution >= 0.6 is 0 Å². The van der Waals surface area contributed by atoms with Gasteiger partial charge in [-0.15, -0.1) is 0 Å². The molecule has 0 aliphatic rings. The van der Waals surface area contributed by atoms with Gasteiger partial charge in [0.1, 0.15) is 5.75 Å². The number of benzene rings is 2.